The molecular weight excluding hydrogens is 128 g/mol. The first-order valence-electron chi connectivity index (χ1n) is 3.37. The Morgan fingerprint density at radius 2 is 2.00 bits per heavy atom. The van der Waals surface area contributed by atoms with Crippen molar-refractivity contribution in [2.45, 2.75) is 20.0 Å². The normalized spacial score (nSPS) is 14.4. The van der Waals surface area contributed by atoms with E-state index in [2.05, 4.69) is 0 Å². The molecule has 0 fully saturated rings. The number of rotatable bonds is 4. The standard InChI is InChI=1S/C8H14O2/c1-7(2)8(10-3)5-4-6-9/h4-8H,1-3H3/b5-4+/t8-/m1/s1. The highest BCUT2D eigenvalue weighted by Crippen LogP contribution is 2.05. The van der Waals surface area contributed by atoms with Crippen LogP contribution in [0.1, 0.15) is 13.8 Å². The minimum absolute atomic E-state index is 0.0604. The van der Waals surface area contributed by atoms with E-state index in [0.29, 0.717) is 5.92 Å². The molecule has 0 amide bonds. The zero-order valence-corrected chi connectivity index (χ0v) is 6.70. The van der Waals surface area contributed by atoms with E-state index in [4.69, 9.17) is 4.74 Å². The number of hydrogen-bond donors (Lipinski definition) is 0. The van der Waals surface area contributed by atoms with Crippen molar-refractivity contribution < 1.29 is 9.53 Å². The highest BCUT2D eigenvalue weighted by Gasteiger charge is 2.06. The molecular formula is C8H14O2. The topological polar surface area (TPSA) is 26.3 Å². The number of ether oxygens (including phenoxy) is 1. The summed E-state index contributed by atoms with van der Waals surface area (Å²) in [5.41, 5.74) is 0. The van der Waals surface area contributed by atoms with Gasteiger partial charge < -0.3 is 4.74 Å². The van der Waals surface area contributed by atoms with Gasteiger partial charge in [-0.15, -0.1) is 0 Å². The van der Waals surface area contributed by atoms with E-state index in [1.54, 1.807) is 13.2 Å². The van der Waals surface area contributed by atoms with Crippen LogP contribution in [0.3, 0.4) is 0 Å². The summed E-state index contributed by atoms with van der Waals surface area (Å²) in [4.78, 5) is 9.91. The van der Waals surface area contributed by atoms with Crippen LogP contribution in [0.25, 0.3) is 0 Å². The first-order valence-corrected chi connectivity index (χ1v) is 3.37. The van der Waals surface area contributed by atoms with Crippen LogP contribution < -0.4 is 0 Å². The van der Waals surface area contributed by atoms with Gasteiger partial charge in [0.2, 0.25) is 0 Å². The number of aldehydes is 1. The van der Waals surface area contributed by atoms with Gasteiger partial charge in [-0.05, 0) is 12.0 Å². The molecule has 0 aliphatic rings. The lowest BCUT2D eigenvalue weighted by atomic mass is 10.1. The van der Waals surface area contributed by atoms with Crippen molar-refractivity contribution in [3.63, 3.8) is 0 Å². The Hall–Kier alpha value is -0.630. The van der Waals surface area contributed by atoms with Crippen LogP contribution in [0.5, 0.6) is 0 Å². The molecule has 0 saturated heterocycles. The summed E-state index contributed by atoms with van der Waals surface area (Å²) >= 11 is 0. The minimum atomic E-state index is 0.0604. The molecule has 2 heteroatoms. The number of carbonyl (C=O) groups is 1. The number of carbonyl (C=O) groups excluding carboxylic acids is 1. The van der Waals surface area contributed by atoms with Crippen LogP contribution in [0.2, 0.25) is 0 Å². The Morgan fingerprint density at radius 1 is 1.40 bits per heavy atom. The number of methoxy groups -OCH3 is 1. The van der Waals surface area contributed by atoms with Crippen molar-refractivity contribution in [2.24, 2.45) is 5.92 Å². The Balaban J connectivity index is 3.82. The largest absolute Gasteiger partial charge is 0.377 e. The van der Waals surface area contributed by atoms with Gasteiger partial charge in [0.25, 0.3) is 0 Å². The average Bonchev–Trinajstić information content (AvgIpc) is 1.89. The van der Waals surface area contributed by atoms with Crippen molar-refractivity contribution >= 4 is 6.29 Å². The van der Waals surface area contributed by atoms with Crippen LogP contribution in [-0.2, 0) is 9.53 Å². The average molecular weight is 142 g/mol. The van der Waals surface area contributed by atoms with Crippen molar-refractivity contribution in [1.29, 1.82) is 0 Å². The van der Waals surface area contributed by atoms with Crippen LogP contribution >= 0.6 is 0 Å². The summed E-state index contributed by atoms with van der Waals surface area (Å²) in [5, 5.41) is 0. The highest BCUT2D eigenvalue weighted by atomic mass is 16.5. The van der Waals surface area contributed by atoms with Gasteiger partial charge in [0, 0.05) is 7.11 Å². The highest BCUT2D eigenvalue weighted by molar-refractivity contribution is 5.64. The Morgan fingerprint density at radius 3 is 2.30 bits per heavy atom. The van der Waals surface area contributed by atoms with Crippen LogP contribution in [0, 0.1) is 5.92 Å². The van der Waals surface area contributed by atoms with E-state index in [9.17, 15) is 4.79 Å². The van der Waals surface area contributed by atoms with Gasteiger partial charge in [-0.1, -0.05) is 19.9 Å². The Bertz CT molecular complexity index is 116. The number of hydrogen-bond acceptors (Lipinski definition) is 2. The molecule has 2 nitrogen and oxygen atoms in total. The zero-order chi connectivity index (χ0) is 7.98. The van der Waals surface area contributed by atoms with Crippen molar-refractivity contribution in [3.05, 3.63) is 12.2 Å². The number of allylic oxidation sites excluding steroid dienone is 1. The molecule has 0 aromatic rings. The van der Waals surface area contributed by atoms with Crippen molar-refractivity contribution in [3.8, 4) is 0 Å². The van der Waals surface area contributed by atoms with Gasteiger partial charge >= 0.3 is 0 Å². The molecule has 0 heterocycles. The second-order valence-electron chi connectivity index (χ2n) is 2.47. The third-order valence-electron chi connectivity index (χ3n) is 1.31. The third kappa shape index (κ3) is 3.41. The zero-order valence-electron chi connectivity index (χ0n) is 6.70. The third-order valence-corrected chi connectivity index (χ3v) is 1.31. The Kier molecular flexibility index (Phi) is 4.85. The lowest BCUT2D eigenvalue weighted by molar-refractivity contribution is -0.104. The van der Waals surface area contributed by atoms with Gasteiger partial charge in [-0.3, -0.25) is 4.79 Å². The minimum Gasteiger partial charge on any atom is -0.377 e. The molecule has 0 spiro atoms. The molecule has 0 aromatic heterocycles. The maximum Gasteiger partial charge on any atom is 0.142 e. The van der Waals surface area contributed by atoms with Crippen LogP contribution in [0.15, 0.2) is 12.2 Å². The van der Waals surface area contributed by atoms with E-state index < -0.39 is 0 Å². The summed E-state index contributed by atoms with van der Waals surface area (Å²) in [7, 11) is 1.64. The summed E-state index contributed by atoms with van der Waals surface area (Å²) in [6, 6.07) is 0. The van der Waals surface area contributed by atoms with Gasteiger partial charge in [0.15, 0.2) is 0 Å². The van der Waals surface area contributed by atoms with Gasteiger partial charge in [-0.25, -0.2) is 0 Å². The van der Waals surface area contributed by atoms with Crippen molar-refractivity contribution in [2.75, 3.05) is 7.11 Å². The molecule has 0 aromatic carbocycles. The predicted octanol–water partition coefficient (Wildman–Crippen LogP) is 1.41. The molecule has 0 radical (unpaired) electrons. The summed E-state index contributed by atoms with van der Waals surface area (Å²) in [6.07, 6.45) is 4.05. The van der Waals surface area contributed by atoms with E-state index in [1.165, 1.54) is 6.08 Å². The maximum absolute atomic E-state index is 9.91. The summed E-state index contributed by atoms with van der Waals surface area (Å²) in [5.74, 6) is 0.418. The lowest BCUT2D eigenvalue weighted by Crippen LogP contribution is -2.14. The predicted molar refractivity (Wildman–Crippen MR) is 40.8 cm³/mol. The monoisotopic (exact) mass is 142 g/mol. The van der Waals surface area contributed by atoms with Crippen LogP contribution in [0.4, 0.5) is 0 Å². The van der Waals surface area contributed by atoms with E-state index in [-0.39, 0.29) is 6.10 Å². The lowest BCUT2D eigenvalue weighted by Gasteiger charge is -2.13. The second-order valence-corrected chi connectivity index (χ2v) is 2.47. The fraction of sp³-hybridized carbons (Fsp3) is 0.625. The first-order chi connectivity index (χ1) is 4.72. The fourth-order valence-corrected chi connectivity index (χ4v) is 0.728. The smallest absolute Gasteiger partial charge is 0.142 e. The molecule has 0 unspecified atom stereocenters. The Labute approximate surface area is 61.9 Å². The maximum atomic E-state index is 9.91. The fourth-order valence-electron chi connectivity index (χ4n) is 0.728. The molecule has 0 aliphatic heterocycles. The molecule has 0 N–H and O–H groups in total. The SMILES string of the molecule is CO[C@H](/C=C/C=O)C(C)C. The van der Waals surface area contributed by atoms with E-state index in [1.807, 2.05) is 13.8 Å². The van der Waals surface area contributed by atoms with Gasteiger partial charge in [0.05, 0.1) is 6.10 Å². The second kappa shape index (κ2) is 5.18. The molecule has 0 saturated carbocycles. The first kappa shape index (κ1) is 9.37. The van der Waals surface area contributed by atoms with Crippen LogP contribution in [-0.4, -0.2) is 19.5 Å². The molecule has 58 valence electrons. The molecule has 0 bridgehead atoms. The molecule has 1 atom stereocenters. The van der Waals surface area contributed by atoms with Crippen molar-refractivity contribution in [1.82, 2.24) is 0 Å². The summed E-state index contributed by atoms with van der Waals surface area (Å²) in [6.45, 7) is 4.09. The molecule has 0 rings (SSSR count). The van der Waals surface area contributed by atoms with Gasteiger partial charge in [-0.2, -0.15) is 0 Å². The quantitative estimate of drug-likeness (QED) is 0.438. The molecule has 10 heavy (non-hydrogen) atoms. The van der Waals surface area contributed by atoms with E-state index >= 15 is 0 Å². The van der Waals surface area contributed by atoms with Gasteiger partial charge in [0.1, 0.15) is 6.29 Å². The summed E-state index contributed by atoms with van der Waals surface area (Å²) < 4.78 is 5.07. The molecule has 0 aliphatic carbocycles. The van der Waals surface area contributed by atoms with E-state index in [0.717, 1.165) is 6.29 Å².